The van der Waals surface area contributed by atoms with E-state index >= 15 is 0 Å². The molecule has 0 radical (unpaired) electrons. The van der Waals surface area contributed by atoms with E-state index in [1.807, 2.05) is 13.8 Å². The van der Waals surface area contributed by atoms with Crippen molar-refractivity contribution in [3.8, 4) is 0 Å². The van der Waals surface area contributed by atoms with Crippen LogP contribution in [0.25, 0.3) is 0 Å². The zero-order valence-corrected chi connectivity index (χ0v) is 13.8. The van der Waals surface area contributed by atoms with Crippen LogP contribution in [-0.4, -0.2) is 18.0 Å². The van der Waals surface area contributed by atoms with E-state index in [1.165, 1.54) is 6.92 Å². The van der Waals surface area contributed by atoms with Crippen LogP contribution in [-0.2, 0) is 9.53 Å². The van der Waals surface area contributed by atoms with Gasteiger partial charge in [-0.05, 0) is 56.2 Å². The summed E-state index contributed by atoms with van der Waals surface area (Å²) in [4.78, 5) is 24.0. The highest BCUT2D eigenvalue weighted by molar-refractivity contribution is 5.97. The fraction of sp³-hybridized carbons (Fsp3) is 0.222. The van der Waals surface area contributed by atoms with E-state index < -0.39 is 41.1 Å². The molecular weight excluding hydrogens is 335 g/mol. The van der Waals surface area contributed by atoms with Gasteiger partial charge in [0.05, 0.1) is 11.3 Å². The molecule has 0 bridgehead atoms. The highest BCUT2D eigenvalue weighted by Gasteiger charge is 2.22. The number of halogens is 3. The Bertz CT molecular complexity index is 837. The molecule has 0 aliphatic rings. The van der Waals surface area contributed by atoms with E-state index in [0.29, 0.717) is 6.07 Å². The predicted octanol–water partition coefficient (Wildman–Crippen LogP) is 3.90. The van der Waals surface area contributed by atoms with E-state index in [1.54, 1.807) is 18.2 Å². The van der Waals surface area contributed by atoms with Gasteiger partial charge in [0.25, 0.3) is 5.91 Å². The lowest BCUT2D eigenvalue weighted by atomic mass is 10.1. The topological polar surface area (TPSA) is 55.4 Å². The summed E-state index contributed by atoms with van der Waals surface area (Å²) in [6.07, 6.45) is -1.26. The summed E-state index contributed by atoms with van der Waals surface area (Å²) in [7, 11) is 0. The molecule has 7 heteroatoms. The number of carbonyl (C=O) groups is 2. The molecule has 2 aromatic carbocycles. The third-order valence-corrected chi connectivity index (χ3v) is 3.69. The van der Waals surface area contributed by atoms with Gasteiger partial charge in [-0.1, -0.05) is 6.07 Å². The van der Waals surface area contributed by atoms with Gasteiger partial charge in [0.15, 0.2) is 23.6 Å². The molecule has 2 rings (SSSR count). The molecule has 1 amide bonds. The average Bonchev–Trinajstić information content (AvgIpc) is 2.57. The number of ether oxygens (including phenoxy) is 1. The first-order valence-corrected chi connectivity index (χ1v) is 7.43. The maximum atomic E-state index is 13.6. The SMILES string of the molecule is Cc1ccc(C(=O)O[C@@H](C)C(=O)Nc2ccc(F)c(F)c2F)cc1C. The molecular formula is C18H16F3NO3. The predicted molar refractivity (Wildman–Crippen MR) is 85.7 cm³/mol. The molecule has 0 saturated carbocycles. The average molecular weight is 351 g/mol. The number of rotatable bonds is 4. The van der Waals surface area contributed by atoms with Crippen LogP contribution < -0.4 is 5.32 Å². The molecule has 0 spiro atoms. The molecule has 2 aromatic rings. The van der Waals surface area contributed by atoms with Crippen LogP contribution in [0.4, 0.5) is 18.9 Å². The maximum absolute atomic E-state index is 13.6. The summed E-state index contributed by atoms with van der Waals surface area (Å²) in [6, 6.07) is 6.48. The monoisotopic (exact) mass is 351 g/mol. The van der Waals surface area contributed by atoms with Gasteiger partial charge < -0.3 is 10.1 Å². The molecule has 0 saturated heterocycles. The van der Waals surface area contributed by atoms with E-state index in [4.69, 9.17) is 4.74 Å². The van der Waals surface area contributed by atoms with Crippen molar-refractivity contribution >= 4 is 17.6 Å². The standard InChI is InChI=1S/C18H16F3NO3/c1-9-4-5-12(8-10(9)2)18(24)25-11(3)17(23)22-14-7-6-13(19)15(20)16(14)21/h4-8,11H,1-3H3,(H,22,23)/t11-/m0/s1. The van der Waals surface area contributed by atoms with Gasteiger partial charge in [0, 0.05) is 0 Å². The lowest BCUT2D eigenvalue weighted by molar-refractivity contribution is -0.123. The Labute approximate surface area is 142 Å². The minimum absolute atomic E-state index is 0.266. The lowest BCUT2D eigenvalue weighted by Crippen LogP contribution is -2.30. The van der Waals surface area contributed by atoms with Gasteiger partial charge >= 0.3 is 5.97 Å². The number of hydrogen-bond acceptors (Lipinski definition) is 3. The molecule has 132 valence electrons. The Balaban J connectivity index is 2.06. The third-order valence-electron chi connectivity index (χ3n) is 3.69. The summed E-state index contributed by atoms with van der Waals surface area (Å²) >= 11 is 0. The van der Waals surface area contributed by atoms with Crippen molar-refractivity contribution in [3.05, 3.63) is 64.5 Å². The largest absolute Gasteiger partial charge is 0.449 e. The van der Waals surface area contributed by atoms with Crippen molar-refractivity contribution in [1.82, 2.24) is 0 Å². The highest BCUT2D eigenvalue weighted by Crippen LogP contribution is 2.20. The number of benzene rings is 2. The van der Waals surface area contributed by atoms with Crippen LogP contribution in [0.2, 0.25) is 0 Å². The smallest absolute Gasteiger partial charge is 0.338 e. The number of hydrogen-bond donors (Lipinski definition) is 1. The molecule has 25 heavy (non-hydrogen) atoms. The summed E-state index contributed by atoms with van der Waals surface area (Å²) in [6.45, 7) is 5.00. The van der Waals surface area contributed by atoms with Gasteiger partial charge in [-0.3, -0.25) is 4.79 Å². The van der Waals surface area contributed by atoms with Crippen LogP contribution >= 0.6 is 0 Å². The normalized spacial score (nSPS) is 11.8. The molecule has 0 fully saturated rings. The van der Waals surface area contributed by atoms with Crippen molar-refractivity contribution in [3.63, 3.8) is 0 Å². The zero-order valence-electron chi connectivity index (χ0n) is 13.8. The second-order valence-corrected chi connectivity index (χ2v) is 5.56. The van der Waals surface area contributed by atoms with Crippen molar-refractivity contribution in [2.75, 3.05) is 5.32 Å². The third kappa shape index (κ3) is 4.17. The first-order chi connectivity index (χ1) is 11.7. The number of anilines is 1. The summed E-state index contributed by atoms with van der Waals surface area (Å²) in [5.41, 5.74) is 1.60. The van der Waals surface area contributed by atoms with Crippen molar-refractivity contribution in [2.45, 2.75) is 26.9 Å². The Morgan fingerprint density at radius 2 is 1.68 bits per heavy atom. The molecule has 0 aliphatic carbocycles. The van der Waals surface area contributed by atoms with Crippen LogP contribution in [0.15, 0.2) is 30.3 Å². The van der Waals surface area contributed by atoms with Crippen LogP contribution in [0.1, 0.15) is 28.4 Å². The fourth-order valence-electron chi connectivity index (χ4n) is 2.01. The highest BCUT2D eigenvalue weighted by atomic mass is 19.2. The van der Waals surface area contributed by atoms with E-state index in [2.05, 4.69) is 5.32 Å². The van der Waals surface area contributed by atoms with Crippen molar-refractivity contribution < 1.29 is 27.5 Å². The minimum Gasteiger partial charge on any atom is -0.449 e. The zero-order chi connectivity index (χ0) is 18.7. The van der Waals surface area contributed by atoms with Gasteiger partial charge in [-0.25, -0.2) is 18.0 Å². The summed E-state index contributed by atoms with van der Waals surface area (Å²) in [5, 5.41) is 2.06. The van der Waals surface area contributed by atoms with Gasteiger partial charge in [-0.2, -0.15) is 0 Å². The van der Waals surface area contributed by atoms with Crippen molar-refractivity contribution in [1.29, 1.82) is 0 Å². The van der Waals surface area contributed by atoms with Crippen LogP contribution in [0.3, 0.4) is 0 Å². The molecule has 0 aliphatic heterocycles. The Morgan fingerprint density at radius 3 is 2.32 bits per heavy atom. The molecule has 1 atom stereocenters. The first-order valence-electron chi connectivity index (χ1n) is 7.43. The Morgan fingerprint density at radius 1 is 1.00 bits per heavy atom. The van der Waals surface area contributed by atoms with Gasteiger partial charge in [-0.15, -0.1) is 0 Å². The van der Waals surface area contributed by atoms with E-state index in [-0.39, 0.29) is 5.56 Å². The van der Waals surface area contributed by atoms with E-state index in [9.17, 15) is 22.8 Å². The quantitative estimate of drug-likeness (QED) is 0.671. The number of aryl methyl sites for hydroxylation is 2. The first kappa shape index (κ1) is 18.5. The van der Waals surface area contributed by atoms with Crippen LogP contribution in [0.5, 0.6) is 0 Å². The van der Waals surface area contributed by atoms with Gasteiger partial charge in [0.1, 0.15) is 0 Å². The Kier molecular flexibility index (Phi) is 5.46. The van der Waals surface area contributed by atoms with Crippen molar-refractivity contribution in [2.24, 2.45) is 0 Å². The van der Waals surface area contributed by atoms with E-state index in [0.717, 1.165) is 17.2 Å². The number of esters is 1. The van der Waals surface area contributed by atoms with Gasteiger partial charge in [0.2, 0.25) is 0 Å². The molecule has 0 unspecified atom stereocenters. The second kappa shape index (κ2) is 7.38. The fourth-order valence-corrected chi connectivity index (χ4v) is 2.01. The molecule has 0 heterocycles. The summed E-state index contributed by atoms with van der Waals surface area (Å²) < 4.78 is 44.6. The molecule has 1 N–H and O–H groups in total. The van der Waals surface area contributed by atoms with Crippen LogP contribution in [0, 0.1) is 31.3 Å². The number of amides is 1. The molecule has 4 nitrogen and oxygen atoms in total. The number of nitrogens with one attached hydrogen (secondary N) is 1. The Hall–Kier alpha value is -2.83. The lowest BCUT2D eigenvalue weighted by Gasteiger charge is -2.14. The molecule has 0 aromatic heterocycles. The number of carbonyl (C=O) groups excluding carboxylic acids is 2. The second-order valence-electron chi connectivity index (χ2n) is 5.56. The summed E-state index contributed by atoms with van der Waals surface area (Å²) in [5.74, 6) is -6.19. The maximum Gasteiger partial charge on any atom is 0.338 e. The minimum atomic E-state index is -1.70.